The van der Waals surface area contributed by atoms with E-state index < -0.39 is 17.7 Å². The topological polar surface area (TPSA) is 79.7 Å². The van der Waals surface area contributed by atoms with Gasteiger partial charge in [-0.05, 0) is 61.3 Å². The second kappa shape index (κ2) is 14.9. The van der Waals surface area contributed by atoms with E-state index >= 15 is 0 Å². The average Bonchev–Trinajstić information content (AvgIpc) is 3.83. The van der Waals surface area contributed by atoms with Crippen LogP contribution in [0.2, 0.25) is 0 Å². The lowest BCUT2D eigenvalue weighted by molar-refractivity contribution is 0.0434. The molecule has 2 amide bonds. The fourth-order valence-corrected chi connectivity index (χ4v) is 7.42. The van der Waals surface area contributed by atoms with Gasteiger partial charge in [0.2, 0.25) is 0 Å². The zero-order valence-electron chi connectivity index (χ0n) is 27.6. The molecule has 1 saturated heterocycles. The van der Waals surface area contributed by atoms with Crippen molar-refractivity contribution in [2.75, 3.05) is 26.2 Å². The first kappa shape index (κ1) is 33.0. The van der Waals surface area contributed by atoms with Crippen LogP contribution < -0.4 is 5.32 Å². The Morgan fingerprint density at radius 1 is 0.857 bits per heavy atom. The van der Waals surface area contributed by atoms with Crippen molar-refractivity contribution in [3.05, 3.63) is 114 Å². The fourth-order valence-electron chi connectivity index (χ4n) is 7.42. The van der Waals surface area contributed by atoms with Crippen LogP contribution in [-0.4, -0.2) is 69.7 Å². The average molecular weight is 668 g/mol. The minimum Gasteiger partial charge on any atom is -0.449 e. The van der Waals surface area contributed by atoms with Gasteiger partial charge in [0.25, 0.3) is 5.91 Å². The predicted molar refractivity (Wildman–Crippen MR) is 183 cm³/mol. The summed E-state index contributed by atoms with van der Waals surface area (Å²) in [5, 5.41) is 3.13. The minimum atomic E-state index is -0.637. The van der Waals surface area contributed by atoms with Gasteiger partial charge in [-0.1, -0.05) is 73.5 Å². The van der Waals surface area contributed by atoms with Crippen molar-refractivity contribution in [2.24, 2.45) is 5.92 Å². The third kappa shape index (κ3) is 8.02. The van der Waals surface area contributed by atoms with E-state index in [1.807, 2.05) is 53.4 Å². The zero-order chi connectivity index (χ0) is 33.7. The lowest BCUT2D eigenvalue weighted by atomic mass is 9.89. The van der Waals surface area contributed by atoms with E-state index in [1.165, 1.54) is 12.1 Å². The number of ether oxygens (including phenoxy) is 1. The molecule has 2 heterocycles. The Kier molecular flexibility index (Phi) is 10.0. The Balaban J connectivity index is 1.19. The monoisotopic (exact) mass is 667 g/mol. The molecule has 1 aromatic heterocycles. The second-order valence-corrected chi connectivity index (χ2v) is 13.7. The third-order valence-electron chi connectivity index (χ3n) is 10.1. The van der Waals surface area contributed by atoms with E-state index in [0.29, 0.717) is 62.1 Å². The second-order valence-electron chi connectivity index (χ2n) is 13.7. The standard InChI is InChI=1S/C39H43F2N5O3/c40-31-19-29(20-32(41)22-31)21-33-24-44(23-27-9-3-1-4-10-27)17-18-45(33)38(47)36-37(30-11-5-2-6-12-30)46(26-42-36)35-14-8-7-13-34(35)43-39(48)49-25-28-15-16-28/h1-6,9-12,19-20,22,26,28,33-35H,7-8,13-18,21,23-25H2,(H,43,48)/t33-,34+,35+/m1/s1. The number of aromatic nitrogens is 2. The zero-order valence-corrected chi connectivity index (χ0v) is 27.6. The van der Waals surface area contributed by atoms with Crippen molar-refractivity contribution in [3.8, 4) is 11.3 Å². The van der Waals surface area contributed by atoms with Crippen LogP contribution in [-0.2, 0) is 17.7 Å². The molecule has 3 aliphatic rings. The van der Waals surface area contributed by atoms with E-state index in [4.69, 9.17) is 9.72 Å². The minimum absolute atomic E-state index is 0.111. The normalized spacial score (nSPS) is 21.3. The first-order chi connectivity index (χ1) is 23.9. The molecule has 256 valence electrons. The number of amides is 2. The number of halogens is 2. The predicted octanol–water partition coefficient (Wildman–Crippen LogP) is 7.02. The van der Waals surface area contributed by atoms with Crippen LogP contribution >= 0.6 is 0 Å². The van der Waals surface area contributed by atoms with Gasteiger partial charge < -0.3 is 19.5 Å². The molecule has 10 heteroatoms. The molecule has 3 aromatic carbocycles. The van der Waals surface area contributed by atoms with Gasteiger partial charge in [0.15, 0.2) is 5.69 Å². The first-order valence-corrected chi connectivity index (χ1v) is 17.5. The van der Waals surface area contributed by atoms with E-state index in [0.717, 1.165) is 55.7 Å². The van der Waals surface area contributed by atoms with Crippen LogP contribution in [0.15, 0.2) is 85.2 Å². The summed E-state index contributed by atoms with van der Waals surface area (Å²) in [5.74, 6) is -1.02. The summed E-state index contributed by atoms with van der Waals surface area (Å²) >= 11 is 0. The van der Waals surface area contributed by atoms with Crippen LogP contribution in [0.25, 0.3) is 11.3 Å². The van der Waals surface area contributed by atoms with E-state index in [9.17, 15) is 18.4 Å². The molecule has 49 heavy (non-hydrogen) atoms. The van der Waals surface area contributed by atoms with Gasteiger partial charge in [-0.3, -0.25) is 9.69 Å². The van der Waals surface area contributed by atoms with Crippen LogP contribution in [0.3, 0.4) is 0 Å². The largest absolute Gasteiger partial charge is 0.449 e. The molecular formula is C39H43F2N5O3. The quantitative estimate of drug-likeness (QED) is 0.197. The highest BCUT2D eigenvalue weighted by molar-refractivity contribution is 5.98. The van der Waals surface area contributed by atoms with Gasteiger partial charge in [0.1, 0.15) is 11.6 Å². The molecule has 0 bridgehead atoms. The number of nitrogens with one attached hydrogen (secondary N) is 1. The number of alkyl carbamates (subject to hydrolysis) is 1. The number of imidazole rings is 1. The summed E-state index contributed by atoms with van der Waals surface area (Å²) in [6.45, 7) is 2.78. The number of rotatable bonds is 10. The Labute approximate surface area is 286 Å². The van der Waals surface area contributed by atoms with E-state index in [-0.39, 0.29) is 24.0 Å². The molecule has 0 radical (unpaired) electrons. The van der Waals surface area contributed by atoms with Gasteiger partial charge in [-0.15, -0.1) is 0 Å². The van der Waals surface area contributed by atoms with Gasteiger partial charge in [0, 0.05) is 43.9 Å². The number of carbonyl (C=O) groups is 2. The Morgan fingerprint density at radius 2 is 1.57 bits per heavy atom. The SMILES string of the molecule is O=C(N[C@H]1CCCC[C@@H]1n1cnc(C(=O)N2CCN(Cc3ccccc3)C[C@H]2Cc2cc(F)cc(F)c2)c1-c1ccccc1)OCC1CC1. The molecule has 7 rings (SSSR count). The van der Waals surface area contributed by atoms with Crippen LogP contribution in [0, 0.1) is 17.6 Å². The highest BCUT2D eigenvalue weighted by Gasteiger charge is 2.37. The molecule has 4 aromatic rings. The first-order valence-electron chi connectivity index (χ1n) is 17.5. The molecule has 3 fully saturated rings. The maximum absolute atomic E-state index is 14.7. The van der Waals surface area contributed by atoms with Gasteiger partial charge in [-0.2, -0.15) is 0 Å². The van der Waals surface area contributed by atoms with E-state index in [2.05, 4.69) is 26.9 Å². The Hall–Kier alpha value is -4.57. The van der Waals surface area contributed by atoms with Gasteiger partial charge in [-0.25, -0.2) is 18.6 Å². The number of piperazine rings is 1. The maximum Gasteiger partial charge on any atom is 0.407 e. The summed E-state index contributed by atoms with van der Waals surface area (Å²) < 4.78 is 36.2. The highest BCUT2D eigenvalue weighted by atomic mass is 19.1. The van der Waals surface area contributed by atoms with Gasteiger partial charge >= 0.3 is 6.09 Å². The lowest BCUT2D eigenvalue weighted by Crippen LogP contribution is -2.55. The summed E-state index contributed by atoms with van der Waals surface area (Å²) in [4.78, 5) is 36.4. The third-order valence-corrected chi connectivity index (χ3v) is 10.1. The number of hydrogen-bond donors (Lipinski definition) is 1. The molecule has 1 aliphatic heterocycles. The molecule has 2 aliphatic carbocycles. The van der Waals surface area contributed by atoms with Crippen molar-refractivity contribution >= 4 is 12.0 Å². The molecule has 0 unspecified atom stereocenters. The summed E-state index contributed by atoms with van der Waals surface area (Å²) in [6.07, 6.45) is 7.44. The molecule has 2 saturated carbocycles. The van der Waals surface area contributed by atoms with Crippen molar-refractivity contribution in [3.63, 3.8) is 0 Å². The van der Waals surface area contributed by atoms with Crippen molar-refractivity contribution in [1.29, 1.82) is 0 Å². The number of benzene rings is 3. The number of nitrogens with zero attached hydrogens (tertiary/aromatic N) is 4. The maximum atomic E-state index is 14.7. The van der Waals surface area contributed by atoms with Crippen molar-refractivity contribution < 1.29 is 23.1 Å². The smallest absolute Gasteiger partial charge is 0.407 e. The highest BCUT2D eigenvalue weighted by Crippen LogP contribution is 2.36. The summed E-state index contributed by atoms with van der Waals surface area (Å²) in [7, 11) is 0. The summed E-state index contributed by atoms with van der Waals surface area (Å²) in [6, 6.07) is 22.9. The fraction of sp³-hybridized carbons (Fsp3) is 0.410. The molecule has 3 atom stereocenters. The number of carbonyl (C=O) groups excluding carboxylic acids is 2. The lowest BCUT2D eigenvalue weighted by Gasteiger charge is -2.41. The Morgan fingerprint density at radius 3 is 2.31 bits per heavy atom. The number of hydrogen-bond acceptors (Lipinski definition) is 5. The van der Waals surface area contributed by atoms with Crippen molar-refractivity contribution in [1.82, 2.24) is 24.7 Å². The van der Waals surface area contributed by atoms with Crippen molar-refractivity contribution in [2.45, 2.75) is 69.6 Å². The molecular weight excluding hydrogens is 624 g/mol. The summed E-state index contributed by atoms with van der Waals surface area (Å²) in [5.41, 5.74) is 3.56. The van der Waals surface area contributed by atoms with Crippen LogP contribution in [0.5, 0.6) is 0 Å². The molecule has 0 spiro atoms. The van der Waals surface area contributed by atoms with Crippen LogP contribution in [0.4, 0.5) is 13.6 Å². The Bertz CT molecular complexity index is 1730. The molecule has 1 N–H and O–H groups in total. The van der Waals surface area contributed by atoms with Crippen LogP contribution in [0.1, 0.15) is 66.2 Å². The van der Waals surface area contributed by atoms with Gasteiger partial charge in [0.05, 0.1) is 30.7 Å². The molecule has 8 nitrogen and oxygen atoms in total. The van der Waals surface area contributed by atoms with E-state index in [1.54, 1.807) is 6.33 Å².